The summed E-state index contributed by atoms with van der Waals surface area (Å²) < 4.78 is 5.18. The van der Waals surface area contributed by atoms with Crippen LogP contribution in [-0.4, -0.2) is 31.1 Å². The quantitative estimate of drug-likeness (QED) is 0.888. The number of likely N-dealkylation sites (N-methyl/N-ethyl adjacent to an activating group) is 1. The Hall–Kier alpha value is -1.06. The molecule has 2 atom stereocenters. The maximum Gasteiger partial charge on any atom is 0.118 e. The fourth-order valence-electron chi connectivity index (χ4n) is 2.97. The standard InChI is InChI=1S/C16H28N2O/c1-12(17)15(16(2,3)4)18(5)11-13-7-9-14(19-6)10-8-13/h7-10,12,15H,11,17H2,1-6H3. The largest absolute Gasteiger partial charge is 0.497 e. The van der Waals surface area contributed by atoms with Crippen LogP contribution in [0, 0.1) is 5.41 Å². The number of benzene rings is 1. The van der Waals surface area contributed by atoms with E-state index in [1.54, 1.807) is 7.11 Å². The van der Waals surface area contributed by atoms with Gasteiger partial charge in [-0.05, 0) is 37.1 Å². The highest BCUT2D eigenvalue weighted by molar-refractivity contribution is 5.27. The molecule has 1 aromatic rings. The van der Waals surface area contributed by atoms with Gasteiger partial charge in [0.25, 0.3) is 0 Å². The van der Waals surface area contributed by atoms with E-state index < -0.39 is 0 Å². The molecule has 0 saturated carbocycles. The Kier molecular flexibility index (Phi) is 5.39. The Labute approximate surface area is 117 Å². The maximum absolute atomic E-state index is 6.16. The zero-order valence-electron chi connectivity index (χ0n) is 13.1. The van der Waals surface area contributed by atoms with E-state index in [0.717, 1.165) is 12.3 Å². The summed E-state index contributed by atoms with van der Waals surface area (Å²) in [7, 11) is 3.83. The van der Waals surface area contributed by atoms with Gasteiger partial charge in [-0.3, -0.25) is 4.90 Å². The SMILES string of the molecule is COc1ccc(CN(C)C(C(C)N)C(C)(C)C)cc1. The molecule has 0 bridgehead atoms. The van der Waals surface area contributed by atoms with Gasteiger partial charge in [0.15, 0.2) is 0 Å². The summed E-state index contributed by atoms with van der Waals surface area (Å²) in [6.07, 6.45) is 0. The molecule has 0 saturated heterocycles. The normalized spacial score (nSPS) is 15.4. The zero-order valence-corrected chi connectivity index (χ0v) is 13.1. The lowest BCUT2D eigenvalue weighted by Gasteiger charge is -2.40. The molecule has 108 valence electrons. The number of hydrogen-bond donors (Lipinski definition) is 1. The number of nitrogens with two attached hydrogens (primary N) is 1. The van der Waals surface area contributed by atoms with E-state index in [1.165, 1.54) is 5.56 Å². The summed E-state index contributed by atoms with van der Waals surface area (Å²) in [5, 5.41) is 0. The first kappa shape index (κ1) is 16.0. The van der Waals surface area contributed by atoms with Crippen LogP contribution in [0.15, 0.2) is 24.3 Å². The number of methoxy groups -OCH3 is 1. The Morgan fingerprint density at radius 2 is 1.74 bits per heavy atom. The van der Waals surface area contributed by atoms with E-state index in [1.807, 2.05) is 12.1 Å². The van der Waals surface area contributed by atoms with E-state index in [9.17, 15) is 0 Å². The highest BCUT2D eigenvalue weighted by Crippen LogP contribution is 2.27. The average Bonchev–Trinajstić information content (AvgIpc) is 2.27. The molecule has 2 unspecified atom stereocenters. The second-order valence-electron chi connectivity index (χ2n) is 6.43. The summed E-state index contributed by atoms with van der Waals surface area (Å²) >= 11 is 0. The Balaban J connectivity index is 2.78. The zero-order chi connectivity index (χ0) is 14.6. The Bertz CT molecular complexity index is 379. The molecule has 3 nitrogen and oxygen atoms in total. The number of ether oxygens (including phenoxy) is 1. The van der Waals surface area contributed by atoms with Crippen LogP contribution in [0.2, 0.25) is 0 Å². The van der Waals surface area contributed by atoms with Crippen molar-refractivity contribution in [3.63, 3.8) is 0 Å². The Morgan fingerprint density at radius 1 is 1.21 bits per heavy atom. The van der Waals surface area contributed by atoms with Crippen molar-refractivity contribution in [1.29, 1.82) is 0 Å². The van der Waals surface area contributed by atoms with Crippen LogP contribution in [0.5, 0.6) is 5.75 Å². The first-order valence-corrected chi connectivity index (χ1v) is 6.84. The van der Waals surface area contributed by atoms with E-state index >= 15 is 0 Å². The predicted octanol–water partition coefficient (Wildman–Crippen LogP) is 2.89. The lowest BCUT2D eigenvalue weighted by molar-refractivity contribution is 0.100. The van der Waals surface area contributed by atoms with E-state index in [4.69, 9.17) is 10.5 Å². The van der Waals surface area contributed by atoms with Crippen molar-refractivity contribution in [2.75, 3.05) is 14.2 Å². The first-order chi connectivity index (χ1) is 8.75. The fraction of sp³-hybridized carbons (Fsp3) is 0.625. The van der Waals surface area contributed by atoms with Gasteiger partial charge in [-0.2, -0.15) is 0 Å². The summed E-state index contributed by atoms with van der Waals surface area (Å²) in [5.41, 5.74) is 7.60. The average molecular weight is 264 g/mol. The lowest BCUT2D eigenvalue weighted by Crippen LogP contribution is -2.51. The summed E-state index contributed by atoms with van der Waals surface area (Å²) in [6, 6.07) is 8.70. The van der Waals surface area contributed by atoms with Crippen LogP contribution in [0.4, 0.5) is 0 Å². The molecule has 0 aliphatic heterocycles. The second-order valence-corrected chi connectivity index (χ2v) is 6.43. The molecule has 0 fully saturated rings. The highest BCUT2D eigenvalue weighted by Gasteiger charge is 2.31. The molecule has 1 aromatic carbocycles. The van der Waals surface area contributed by atoms with Crippen LogP contribution >= 0.6 is 0 Å². The van der Waals surface area contributed by atoms with Gasteiger partial charge in [-0.25, -0.2) is 0 Å². The second kappa shape index (κ2) is 6.40. The van der Waals surface area contributed by atoms with Crippen molar-refractivity contribution in [1.82, 2.24) is 4.90 Å². The summed E-state index contributed by atoms with van der Waals surface area (Å²) in [4.78, 5) is 2.34. The highest BCUT2D eigenvalue weighted by atomic mass is 16.5. The number of hydrogen-bond acceptors (Lipinski definition) is 3. The molecule has 19 heavy (non-hydrogen) atoms. The van der Waals surface area contributed by atoms with Crippen molar-refractivity contribution in [3.05, 3.63) is 29.8 Å². The van der Waals surface area contributed by atoms with Gasteiger partial charge in [0.2, 0.25) is 0 Å². The molecule has 2 N–H and O–H groups in total. The Morgan fingerprint density at radius 3 is 2.11 bits per heavy atom. The van der Waals surface area contributed by atoms with Crippen LogP contribution in [0.1, 0.15) is 33.3 Å². The number of rotatable bonds is 5. The lowest BCUT2D eigenvalue weighted by atomic mass is 9.82. The molecule has 0 aliphatic carbocycles. The molecule has 0 spiro atoms. The monoisotopic (exact) mass is 264 g/mol. The smallest absolute Gasteiger partial charge is 0.118 e. The molecule has 1 rings (SSSR count). The molecule has 0 aromatic heterocycles. The third-order valence-electron chi connectivity index (χ3n) is 3.45. The minimum Gasteiger partial charge on any atom is -0.497 e. The molecule has 3 heteroatoms. The van der Waals surface area contributed by atoms with Crippen LogP contribution in [0.25, 0.3) is 0 Å². The summed E-state index contributed by atoms with van der Waals surface area (Å²) in [5.74, 6) is 0.894. The minimum atomic E-state index is 0.142. The predicted molar refractivity (Wildman–Crippen MR) is 81.4 cm³/mol. The van der Waals surface area contributed by atoms with Crippen molar-refractivity contribution in [2.24, 2.45) is 11.1 Å². The summed E-state index contributed by atoms with van der Waals surface area (Å²) in [6.45, 7) is 9.70. The van der Waals surface area contributed by atoms with Crippen LogP contribution in [-0.2, 0) is 6.54 Å². The van der Waals surface area contributed by atoms with Crippen molar-refractivity contribution in [2.45, 2.75) is 46.3 Å². The maximum atomic E-state index is 6.16. The third-order valence-corrected chi connectivity index (χ3v) is 3.45. The fourth-order valence-corrected chi connectivity index (χ4v) is 2.97. The van der Waals surface area contributed by atoms with Gasteiger partial charge in [0, 0.05) is 18.6 Å². The van der Waals surface area contributed by atoms with Gasteiger partial charge >= 0.3 is 0 Å². The molecular weight excluding hydrogens is 236 g/mol. The molecule has 0 aliphatic rings. The topological polar surface area (TPSA) is 38.5 Å². The van der Waals surface area contributed by atoms with Crippen molar-refractivity contribution < 1.29 is 4.74 Å². The molecular formula is C16H28N2O. The van der Waals surface area contributed by atoms with Gasteiger partial charge in [-0.15, -0.1) is 0 Å². The van der Waals surface area contributed by atoms with Gasteiger partial charge < -0.3 is 10.5 Å². The van der Waals surface area contributed by atoms with Gasteiger partial charge in [0.1, 0.15) is 5.75 Å². The van der Waals surface area contributed by atoms with E-state index in [0.29, 0.717) is 6.04 Å². The molecule has 0 radical (unpaired) electrons. The van der Waals surface area contributed by atoms with Crippen molar-refractivity contribution >= 4 is 0 Å². The van der Waals surface area contributed by atoms with Crippen molar-refractivity contribution in [3.8, 4) is 5.75 Å². The minimum absolute atomic E-state index is 0.142. The van der Waals surface area contributed by atoms with Gasteiger partial charge in [-0.1, -0.05) is 32.9 Å². The van der Waals surface area contributed by atoms with E-state index in [2.05, 4.69) is 51.8 Å². The third kappa shape index (κ3) is 4.51. The first-order valence-electron chi connectivity index (χ1n) is 6.84. The van der Waals surface area contributed by atoms with Crippen LogP contribution < -0.4 is 10.5 Å². The molecule has 0 heterocycles. The van der Waals surface area contributed by atoms with Crippen LogP contribution in [0.3, 0.4) is 0 Å². The van der Waals surface area contributed by atoms with Gasteiger partial charge in [0.05, 0.1) is 7.11 Å². The molecule has 0 amide bonds. The van der Waals surface area contributed by atoms with E-state index in [-0.39, 0.29) is 11.5 Å². The number of nitrogens with zero attached hydrogens (tertiary/aromatic N) is 1.